The van der Waals surface area contributed by atoms with Gasteiger partial charge in [-0.05, 0) is 30.8 Å². The average molecular weight is 298 g/mol. The summed E-state index contributed by atoms with van der Waals surface area (Å²) in [5.41, 5.74) is 0. The second kappa shape index (κ2) is 7.43. The Morgan fingerprint density at radius 2 is 1.95 bits per heavy atom. The third-order valence-corrected chi connectivity index (χ3v) is 3.66. The minimum atomic E-state index is 0.445. The van der Waals surface area contributed by atoms with Crippen LogP contribution in [0, 0.1) is 0 Å². The molecule has 1 aromatic heterocycles. The quantitative estimate of drug-likeness (QED) is 0.798. The van der Waals surface area contributed by atoms with Crippen molar-refractivity contribution in [1.82, 2.24) is 15.5 Å². The third-order valence-electron chi connectivity index (χ3n) is 2.45. The fourth-order valence-electron chi connectivity index (χ4n) is 1.50. The van der Waals surface area contributed by atoms with Gasteiger partial charge in [-0.2, -0.15) is 0 Å². The number of hydrogen-bond donors (Lipinski definition) is 1. The highest BCUT2D eigenvalue weighted by atomic mass is 35.5. The number of nitrogens with zero attached hydrogens (tertiary/aromatic N) is 2. The first kappa shape index (κ1) is 14.2. The number of hydrogen-bond acceptors (Lipinski definition) is 5. The van der Waals surface area contributed by atoms with E-state index in [1.165, 1.54) is 0 Å². The molecular weight excluding hydrogens is 282 g/mol. The van der Waals surface area contributed by atoms with E-state index >= 15 is 0 Å². The number of rotatable bonds is 7. The normalized spacial score (nSPS) is 10.6. The minimum Gasteiger partial charge on any atom is -0.486 e. The topological polar surface area (TPSA) is 47.0 Å². The van der Waals surface area contributed by atoms with E-state index in [1.807, 2.05) is 12.1 Å². The standard InChI is InChI=1S/C13H16ClN3OS/c1-2-15-8-7-12-16-17-13(19-12)9-18-11-5-3-10(14)4-6-11/h3-6,15H,2,7-9H2,1H3. The molecule has 1 heterocycles. The van der Waals surface area contributed by atoms with Crippen LogP contribution in [0.4, 0.5) is 0 Å². The Morgan fingerprint density at radius 1 is 1.21 bits per heavy atom. The number of likely N-dealkylation sites (N-methyl/N-ethyl adjacent to an activating group) is 1. The fourth-order valence-corrected chi connectivity index (χ4v) is 2.38. The van der Waals surface area contributed by atoms with Crippen molar-refractivity contribution in [3.05, 3.63) is 39.3 Å². The number of halogens is 1. The van der Waals surface area contributed by atoms with Crippen molar-refractivity contribution < 1.29 is 4.74 Å². The molecule has 0 bridgehead atoms. The Hall–Kier alpha value is -1.17. The second-order valence-electron chi connectivity index (χ2n) is 3.94. The number of ether oxygens (including phenoxy) is 1. The summed E-state index contributed by atoms with van der Waals surface area (Å²) >= 11 is 7.40. The maximum absolute atomic E-state index is 5.81. The first-order chi connectivity index (χ1) is 9.28. The van der Waals surface area contributed by atoms with Gasteiger partial charge < -0.3 is 10.1 Å². The molecule has 1 aromatic carbocycles. The SMILES string of the molecule is CCNCCc1nnc(COc2ccc(Cl)cc2)s1. The van der Waals surface area contributed by atoms with E-state index in [2.05, 4.69) is 22.4 Å². The highest BCUT2D eigenvalue weighted by Crippen LogP contribution is 2.18. The van der Waals surface area contributed by atoms with Gasteiger partial charge in [-0.3, -0.25) is 0 Å². The average Bonchev–Trinajstić information content (AvgIpc) is 2.86. The summed E-state index contributed by atoms with van der Waals surface area (Å²) in [6.07, 6.45) is 0.909. The van der Waals surface area contributed by atoms with Crippen LogP contribution in [0.2, 0.25) is 5.02 Å². The molecule has 0 radical (unpaired) electrons. The Morgan fingerprint density at radius 3 is 2.68 bits per heavy atom. The molecule has 0 amide bonds. The van der Waals surface area contributed by atoms with Crippen LogP contribution < -0.4 is 10.1 Å². The summed E-state index contributed by atoms with van der Waals surface area (Å²) in [5, 5.41) is 14.2. The van der Waals surface area contributed by atoms with Gasteiger partial charge in [0.1, 0.15) is 17.4 Å². The lowest BCUT2D eigenvalue weighted by molar-refractivity contribution is 0.304. The summed E-state index contributed by atoms with van der Waals surface area (Å²) in [4.78, 5) is 0. The van der Waals surface area contributed by atoms with Crippen molar-refractivity contribution in [2.24, 2.45) is 0 Å². The van der Waals surface area contributed by atoms with Crippen molar-refractivity contribution in [1.29, 1.82) is 0 Å². The fraction of sp³-hybridized carbons (Fsp3) is 0.385. The van der Waals surface area contributed by atoms with Gasteiger partial charge in [-0.1, -0.05) is 29.9 Å². The van der Waals surface area contributed by atoms with Crippen LogP contribution in [-0.4, -0.2) is 23.3 Å². The first-order valence-corrected chi connectivity index (χ1v) is 7.37. The van der Waals surface area contributed by atoms with Gasteiger partial charge in [0.2, 0.25) is 0 Å². The Labute approximate surface area is 121 Å². The predicted octanol–water partition coefficient (Wildman–Crippen LogP) is 2.92. The summed E-state index contributed by atoms with van der Waals surface area (Å²) in [6, 6.07) is 7.29. The van der Waals surface area contributed by atoms with E-state index in [1.54, 1.807) is 23.5 Å². The first-order valence-electron chi connectivity index (χ1n) is 6.18. The molecule has 0 aliphatic heterocycles. The largest absolute Gasteiger partial charge is 0.486 e. The maximum Gasteiger partial charge on any atom is 0.155 e. The summed E-state index contributed by atoms with van der Waals surface area (Å²) in [7, 11) is 0. The molecule has 6 heteroatoms. The van der Waals surface area contributed by atoms with Crippen LogP contribution in [-0.2, 0) is 13.0 Å². The van der Waals surface area contributed by atoms with E-state index in [0.717, 1.165) is 35.3 Å². The molecule has 0 aliphatic carbocycles. The molecule has 0 aliphatic rings. The highest BCUT2D eigenvalue weighted by Gasteiger charge is 2.04. The van der Waals surface area contributed by atoms with Gasteiger partial charge in [0.15, 0.2) is 5.01 Å². The monoisotopic (exact) mass is 297 g/mol. The molecule has 4 nitrogen and oxygen atoms in total. The molecular formula is C13H16ClN3OS. The van der Waals surface area contributed by atoms with Gasteiger partial charge in [-0.15, -0.1) is 10.2 Å². The number of nitrogens with one attached hydrogen (secondary N) is 1. The van der Waals surface area contributed by atoms with E-state index in [9.17, 15) is 0 Å². The smallest absolute Gasteiger partial charge is 0.155 e. The third kappa shape index (κ3) is 4.78. The van der Waals surface area contributed by atoms with Crippen LogP contribution >= 0.6 is 22.9 Å². The molecule has 0 unspecified atom stereocenters. The summed E-state index contributed by atoms with van der Waals surface area (Å²) in [5.74, 6) is 0.786. The van der Waals surface area contributed by atoms with E-state index in [-0.39, 0.29) is 0 Å². The Bertz CT molecular complexity index is 501. The lowest BCUT2D eigenvalue weighted by atomic mass is 10.3. The minimum absolute atomic E-state index is 0.445. The maximum atomic E-state index is 5.81. The van der Waals surface area contributed by atoms with Crippen LogP contribution in [0.15, 0.2) is 24.3 Å². The molecule has 0 fully saturated rings. The highest BCUT2D eigenvalue weighted by molar-refractivity contribution is 7.11. The zero-order valence-electron chi connectivity index (χ0n) is 10.7. The lowest BCUT2D eigenvalue weighted by Gasteiger charge is -2.02. The van der Waals surface area contributed by atoms with Crippen LogP contribution in [0.25, 0.3) is 0 Å². The van der Waals surface area contributed by atoms with Crippen molar-refractivity contribution in [3.63, 3.8) is 0 Å². The number of benzene rings is 1. The molecule has 2 rings (SSSR count). The Balaban J connectivity index is 1.81. The van der Waals surface area contributed by atoms with Gasteiger partial charge in [0.05, 0.1) is 0 Å². The van der Waals surface area contributed by atoms with Crippen LogP contribution in [0.3, 0.4) is 0 Å². The van der Waals surface area contributed by atoms with E-state index in [4.69, 9.17) is 16.3 Å². The molecule has 102 valence electrons. The van der Waals surface area contributed by atoms with Crippen molar-refractivity contribution in [2.75, 3.05) is 13.1 Å². The van der Waals surface area contributed by atoms with E-state index < -0.39 is 0 Å². The summed E-state index contributed by atoms with van der Waals surface area (Å²) < 4.78 is 5.62. The summed E-state index contributed by atoms with van der Waals surface area (Å²) in [6.45, 7) is 4.44. The molecule has 0 saturated carbocycles. The molecule has 0 atom stereocenters. The lowest BCUT2D eigenvalue weighted by Crippen LogP contribution is -2.15. The van der Waals surface area contributed by atoms with Gasteiger partial charge in [-0.25, -0.2) is 0 Å². The zero-order valence-corrected chi connectivity index (χ0v) is 12.3. The van der Waals surface area contributed by atoms with Gasteiger partial charge in [0.25, 0.3) is 0 Å². The van der Waals surface area contributed by atoms with E-state index in [0.29, 0.717) is 11.6 Å². The Kier molecular flexibility index (Phi) is 5.57. The van der Waals surface area contributed by atoms with Crippen LogP contribution in [0.5, 0.6) is 5.75 Å². The van der Waals surface area contributed by atoms with Crippen LogP contribution in [0.1, 0.15) is 16.9 Å². The molecule has 2 aromatic rings. The predicted molar refractivity (Wildman–Crippen MR) is 77.9 cm³/mol. The second-order valence-corrected chi connectivity index (χ2v) is 5.52. The van der Waals surface area contributed by atoms with Gasteiger partial charge in [0, 0.05) is 18.0 Å². The number of aromatic nitrogens is 2. The molecule has 0 saturated heterocycles. The zero-order chi connectivity index (χ0) is 13.5. The van der Waals surface area contributed by atoms with Gasteiger partial charge >= 0.3 is 0 Å². The van der Waals surface area contributed by atoms with Crippen molar-refractivity contribution in [2.45, 2.75) is 20.0 Å². The molecule has 1 N–H and O–H groups in total. The molecule has 19 heavy (non-hydrogen) atoms. The van der Waals surface area contributed by atoms with Crippen molar-refractivity contribution in [3.8, 4) is 5.75 Å². The molecule has 0 spiro atoms. The van der Waals surface area contributed by atoms with Crippen molar-refractivity contribution >= 4 is 22.9 Å².